The van der Waals surface area contributed by atoms with Crippen molar-refractivity contribution in [3.8, 4) is 5.88 Å². The maximum absolute atomic E-state index is 12.1. The minimum absolute atomic E-state index is 0.131. The Morgan fingerprint density at radius 3 is 3.00 bits per heavy atom. The molecule has 0 spiro atoms. The van der Waals surface area contributed by atoms with Crippen LogP contribution in [0.3, 0.4) is 0 Å². The van der Waals surface area contributed by atoms with E-state index >= 15 is 0 Å². The van der Waals surface area contributed by atoms with Crippen LogP contribution >= 0.6 is 11.3 Å². The highest BCUT2D eigenvalue weighted by Crippen LogP contribution is 2.18. The van der Waals surface area contributed by atoms with Crippen LogP contribution in [0.25, 0.3) is 0 Å². The van der Waals surface area contributed by atoms with Crippen LogP contribution in [-0.4, -0.2) is 41.6 Å². The molecule has 0 saturated heterocycles. The number of likely N-dealkylation sites (N-methyl/N-ethyl adjacent to an activating group) is 1. The molecule has 0 radical (unpaired) electrons. The SMILES string of the molecule is COc1cccc(CNC(=O)N(C)C[C@@H](C)c2nccs2)n1. The first-order valence-electron chi connectivity index (χ1n) is 6.98. The number of aromatic nitrogens is 2. The summed E-state index contributed by atoms with van der Waals surface area (Å²) in [5, 5.41) is 5.83. The molecular formula is C15H20N4O2S. The first-order chi connectivity index (χ1) is 10.6. The van der Waals surface area contributed by atoms with E-state index in [0.29, 0.717) is 19.0 Å². The summed E-state index contributed by atoms with van der Waals surface area (Å²) in [4.78, 5) is 22.3. The molecular weight excluding hydrogens is 300 g/mol. The summed E-state index contributed by atoms with van der Waals surface area (Å²) in [5.74, 6) is 0.753. The van der Waals surface area contributed by atoms with Crippen LogP contribution in [0.1, 0.15) is 23.5 Å². The van der Waals surface area contributed by atoms with Gasteiger partial charge in [-0.25, -0.2) is 14.8 Å². The van der Waals surface area contributed by atoms with Gasteiger partial charge in [0.1, 0.15) is 0 Å². The van der Waals surface area contributed by atoms with Crippen molar-refractivity contribution in [3.05, 3.63) is 40.5 Å². The number of amides is 2. The van der Waals surface area contributed by atoms with E-state index in [1.807, 2.05) is 17.5 Å². The molecule has 2 rings (SSSR count). The van der Waals surface area contributed by atoms with Crippen molar-refractivity contribution in [2.24, 2.45) is 0 Å². The molecule has 2 heterocycles. The molecule has 0 aliphatic rings. The van der Waals surface area contributed by atoms with Gasteiger partial charge in [-0.15, -0.1) is 11.3 Å². The Balaban J connectivity index is 1.83. The lowest BCUT2D eigenvalue weighted by atomic mass is 10.2. The second-order valence-corrected chi connectivity index (χ2v) is 5.91. The van der Waals surface area contributed by atoms with Gasteiger partial charge in [0.05, 0.1) is 24.4 Å². The zero-order valence-electron chi connectivity index (χ0n) is 12.9. The fourth-order valence-electron chi connectivity index (χ4n) is 2.02. The van der Waals surface area contributed by atoms with Gasteiger partial charge in [0, 0.05) is 37.2 Å². The number of nitrogens with zero attached hydrogens (tertiary/aromatic N) is 3. The lowest BCUT2D eigenvalue weighted by Gasteiger charge is -2.21. The largest absolute Gasteiger partial charge is 0.481 e. The number of nitrogens with one attached hydrogen (secondary N) is 1. The van der Waals surface area contributed by atoms with Gasteiger partial charge in [0.15, 0.2) is 0 Å². The minimum Gasteiger partial charge on any atom is -0.481 e. The average Bonchev–Trinajstić information content (AvgIpc) is 3.07. The fraction of sp³-hybridized carbons (Fsp3) is 0.400. The molecule has 2 aromatic heterocycles. The molecule has 1 atom stereocenters. The number of rotatable bonds is 6. The molecule has 0 aromatic carbocycles. The van der Waals surface area contributed by atoms with Crippen LogP contribution in [0, 0.1) is 0 Å². The van der Waals surface area contributed by atoms with Crippen LogP contribution in [0.15, 0.2) is 29.8 Å². The Bertz CT molecular complexity index is 603. The third-order valence-corrected chi connectivity index (χ3v) is 4.19. The van der Waals surface area contributed by atoms with Crippen molar-refractivity contribution in [3.63, 3.8) is 0 Å². The van der Waals surface area contributed by atoms with Crippen LogP contribution < -0.4 is 10.1 Å². The van der Waals surface area contributed by atoms with Gasteiger partial charge in [0.25, 0.3) is 0 Å². The Morgan fingerprint density at radius 1 is 1.50 bits per heavy atom. The molecule has 2 aromatic rings. The molecule has 22 heavy (non-hydrogen) atoms. The molecule has 0 aliphatic carbocycles. The van der Waals surface area contributed by atoms with E-state index in [2.05, 4.69) is 22.2 Å². The smallest absolute Gasteiger partial charge is 0.317 e. The maximum Gasteiger partial charge on any atom is 0.317 e. The molecule has 118 valence electrons. The van der Waals surface area contributed by atoms with Gasteiger partial charge in [-0.2, -0.15) is 0 Å². The first-order valence-corrected chi connectivity index (χ1v) is 7.86. The Labute approximate surface area is 134 Å². The zero-order chi connectivity index (χ0) is 15.9. The quantitative estimate of drug-likeness (QED) is 0.888. The van der Waals surface area contributed by atoms with Gasteiger partial charge < -0.3 is 15.0 Å². The van der Waals surface area contributed by atoms with E-state index in [9.17, 15) is 4.79 Å². The highest BCUT2D eigenvalue weighted by molar-refractivity contribution is 7.09. The normalized spacial score (nSPS) is 11.8. The Hall–Kier alpha value is -2.15. The number of ether oxygens (including phenoxy) is 1. The molecule has 2 amide bonds. The van der Waals surface area contributed by atoms with Gasteiger partial charge in [-0.05, 0) is 6.07 Å². The average molecular weight is 320 g/mol. The number of thiazole rings is 1. The molecule has 0 saturated carbocycles. The van der Waals surface area contributed by atoms with Gasteiger partial charge in [0.2, 0.25) is 5.88 Å². The van der Waals surface area contributed by atoms with Crippen molar-refractivity contribution in [2.75, 3.05) is 20.7 Å². The van der Waals surface area contributed by atoms with Crippen molar-refractivity contribution in [1.29, 1.82) is 0 Å². The van der Waals surface area contributed by atoms with Crippen molar-refractivity contribution in [2.45, 2.75) is 19.4 Å². The molecule has 0 aliphatic heterocycles. The number of hydrogen-bond donors (Lipinski definition) is 1. The molecule has 7 heteroatoms. The van der Waals surface area contributed by atoms with Crippen molar-refractivity contribution in [1.82, 2.24) is 20.2 Å². The van der Waals surface area contributed by atoms with E-state index in [1.165, 1.54) is 0 Å². The Kier molecular flexibility index (Phi) is 5.71. The van der Waals surface area contributed by atoms with E-state index < -0.39 is 0 Å². The second kappa shape index (κ2) is 7.74. The second-order valence-electron chi connectivity index (χ2n) is 4.98. The first kappa shape index (κ1) is 16.2. The standard InChI is InChI=1S/C15H20N4O2S/c1-11(14-16-7-8-22-14)10-19(2)15(20)17-9-12-5-4-6-13(18-12)21-3/h4-8,11H,9-10H2,1-3H3,(H,17,20)/t11-/m1/s1. The molecule has 0 unspecified atom stereocenters. The summed E-state index contributed by atoms with van der Waals surface area (Å²) < 4.78 is 5.06. The van der Waals surface area contributed by atoms with Crippen LogP contribution in [-0.2, 0) is 6.54 Å². The molecule has 1 N–H and O–H groups in total. The number of urea groups is 1. The van der Waals surface area contributed by atoms with E-state index in [-0.39, 0.29) is 11.9 Å². The van der Waals surface area contributed by atoms with Gasteiger partial charge >= 0.3 is 6.03 Å². The van der Waals surface area contributed by atoms with E-state index in [4.69, 9.17) is 4.74 Å². The number of pyridine rings is 1. The maximum atomic E-state index is 12.1. The highest BCUT2D eigenvalue weighted by Gasteiger charge is 2.15. The lowest BCUT2D eigenvalue weighted by Crippen LogP contribution is -2.38. The molecule has 0 bridgehead atoms. The number of methoxy groups -OCH3 is 1. The van der Waals surface area contributed by atoms with Crippen LogP contribution in [0.2, 0.25) is 0 Å². The zero-order valence-corrected chi connectivity index (χ0v) is 13.8. The third kappa shape index (κ3) is 4.42. The van der Waals surface area contributed by atoms with Gasteiger partial charge in [-0.3, -0.25) is 0 Å². The topological polar surface area (TPSA) is 67.3 Å². The summed E-state index contributed by atoms with van der Waals surface area (Å²) in [6.45, 7) is 3.04. The third-order valence-electron chi connectivity index (χ3n) is 3.18. The fourth-order valence-corrected chi connectivity index (χ4v) is 2.71. The number of carbonyl (C=O) groups excluding carboxylic acids is 1. The number of carbonyl (C=O) groups is 1. The predicted octanol–water partition coefficient (Wildman–Crippen LogP) is 2.49. The van der Waals surface area contributed by atoms with Gasteiger partial charge in [-0.1, -0.05) is 13.0 Å². The van der Waals surface area contributed by atoms with Crippen LogP contribution in [0.5, 0.6) is 5.88 Å². The number of hydrogen-bond acceptors (Lipinski definition) is 5. The lowest BCUT2D eigenvalue weighted by molar-refractivity contribution is 0.206. The predicted molar refractivity (Wildman–Crippen MR) is 86.2 cm³/mol. The highest BCUT2D eigenvalue weighted by atomic mass is 32.1. The summed E-state index contributed by atoms with van der Waals surface area (Å²) in [7, 11) is 3.34. The van der Waals surface area contributed by atoms with Crippen molar-refractivity contribution < 1.29 is 9.53 Å². The van der Waals surface area contributed by atoms with Crippen LogP contribution in [0.4, 0.5) is 4.79 Å². The van der Waals surface area contributed by atoms with E-state index in [1.54, 1.807) is 42.7 Å². The van der Waals surface area contributed by atoms with E-state index in [0.717, 1.165) is 10.7 Å². The molecule has 0 fully saturated rings. The summed E-state index contributed by atoms with van der Waals surface area (Å²) >= 11 is 1.61. The summed E-state index contributed by atoms with van der Waals surface area (Å²) in [6.07, 6.45) is 1.78. The minimum atomic E-state index is -0.131. The Morgan fingerprint density at radius 2 is 2.32 bits per heavy atom. The summed E-state index contributed by atoms with van der Waals surface area (Å²) in [5.41, 5.74) is 0.758. The summed E-state index contributed by atoms with van der Waals surface area (Å²) in [6, 6.07) is 5.34. The molecule has 6 nitrogen and oxygen atoms in total. The monoisotopic (exact) mass is 320 g/mol. The van der Waals surface area contributed by atoms with Crippen molar-refractivity contribution >= 4 is 17.4 Å².